The molecule has 4 nitrogen and oxygen atoms in total. The summed E-state index contributed by atoms with van der Waals surface area (Å²) < 4.78 is 0. The Hall–Kier alpha value is -1.13. The van der Waals surface area contributed by atoms with Gasteiger partial charge in [-0.25, -0.2) is 4.98 Å². The summed E-state index contributed by atoms with van der Waals surface area (Å²) in [4.78, 5) is 17.9. The Balaban J connectivity index is 1.99. The molecule has 0 spiro atoms. The van der Waals surface area contributed by atoms with Gasteiger partial charge in [0.2, 0.25) is 5.91 Å². The van der Waals surface area contributed by atoms with E-state index in [0.717, 1.165) is 18.5 Å². The van der Waals surface area contributed by atoms with Crippen molar-refractivity contribution in [2.24, 2.45) is 11.8 Å². The molecule has 3 rings (SSSR count). The van der Waals surface area contributed by atoms with Gasteiger partial charge in [-0.2, -0.15) is 0 Å². The van der Waals surface area contributed by atoms with E-state index in [1.165, 1.54) is 0 Å². The van der Waals surface area contributed by atoms with Gasteiger partial charge in [-0.1, -0.05) is 11.6 Å². The molecular weight excluding hydrogens is 252 g/mol. The van der Waals surface area contributed by atoms with Gasteiger partial charge in [-0.05, 0) is 31.7 Å². The number of halogens is 1. The van der Waals surface area contributed by atoms with Crippen LogP contribution in [0.5, 0.6) is 0 Å². The monoisotopic (exact) mass is 266 g/mol. The first-order valence-corrected chi connectivity index (χ1v) is 6.53. The number of nitrogens with zero attached hydrogens (tertiary/aromatic N) is 2. The Morgan fingerprint density at radius 3 is 2.89 bits per heavy atom. The summed E-state index contributed by atoms with van der Waals surface area (Å²) in [5.41, 5.74) is 1.51. The van der Waals surface area contributed by atoms with Crippen molar-refractivity contribution in [3.05, 3.63) is 22.3 Å². The van der Waals surface area contributed by atoms with Crippen molar-refractivity contribution in [1.29, 1.82) is 0 Å². The van der Waals surface area contributed by atoms with Crippen LogP contribution in [0.1, 0.15) is 30.6 Å². The summed E-state index contributed by atoms with van der Waals surface area (Å²) >= 11 is 6.28. The Labute approximate surface area is 111 Å². The number of aromatic nitrogens is 1. The summed E-state index contributed by atoms with van der Waals surface area (Å²) in [5.74, 6) is 1.36. The number of aliphatic hydroxyl groups is 1. The summed E-state index contributed by atoms with van der Waals surface area (Å²) in [6.07, 6.45) is 2.02. The van der Waals surface area contributed by atoms with Crippen LogP contribution in [-0.2, 0) is 4.79 Å². The van der Waals surface area contributed by atoms with Gasteiger partial charge in [0.05, 0.1) is 11.1 Å². The highest BCUT2D eigenvalue weighted by Crippen LogP contribution is 2.48. The summed E-state index contributed by atoms with van der Waals surface area (Å²) in [7, 11) is 0. The van der Waals surface area contributed by atoms with Crippen LogP contribution < -0.4 is 4.90 Å². The molecule has 1 aliphatic carbocycles. The molecule has 5 heteroatoms. The largest absolute Gasteiger partial charge is 0.389 e. The Kier molecular flexibility index (Phi) is 2.61. The van der Waals surface area contributed by atoms with Crippen LogP contribution in [0.15, 0.2) is 6.20 Å². The van der Waals surface area contributed by atoms with Crippen molar-refractivity contribution >= 4 is 23.3 Å². The molecule has 1 saturated carbocycles. The molecule has 1 amide bonds. The third kappa shape index (κ3) is 1.63. The number of carbonyl (C=O) groups excluding carboxylic acids is 1. The molecule has 1 aliphatic heterocycles. The fourth-order valence-electron chi connectivity index (χ4n) is 2.66. The van der Waals surface area contributed by atoms with Gasteiger partial charge in [0.25, 0.3) is 0 Å². The molecule has 0 radical (unpaired) electrons. The summed E-state index contributed by atoms with van der Waals surface area (Å²) in [6.45, 7) is 4.25. The summed E-state index contributed by atoms with van der Waals surface area (Å²) in [6, 6.07) is 0. The molecular formula is C13H15ClN2O2. The minimum absolute atomic E-state index is 0.138. The number of rotatable bonds is 2. The Morgan fingerprint density at radius 2 is 2.33 bits per heavy atom. The van der Waals surface area contributed by atoms with E-state index >= 15 is 0 Å². The van der Waals surface area contributed by atoms with Crippen LogP contribution in [0, 0.1) is 18.8 Å². The molecule has 96 valence electrons. The van der Waals surface area contributed by atoms with Crippen LogP contribution in [0.25, 0.3) is 0 Å². The average molecular weight is 267 g/mol. The molecule has 3 atom stereocenters. The molecule has 0 bridgehead atoms. The third-order valence-electron chi connectivity index (χ3n) is 3.91. The SMILES string of the molecule is Cc1c(C(C)O)cnc(N2C[C@H]3C[C@H]3C2=O)c1Cl. The number of carbonyl (C=O) groups is 1. The van der Waals surface area contributed by atoms with E-state index in [1.54, 1.807) is 18.0 Å². The van der Waals surface area contributed by atoms with Crippen molar-refractivity contribution in [1.82, 2.24) is 4.98 Å². The van der Waals surface area contributed by atoms with Gasteiger partial charge < -0.3 is 5.11 Å². The lowest BCUT2D eigenvalue weighted by Gasteiger charge is -2.21. The third-order valence-corrected chi connectivity index (χ3v) is 4.37. The standard InChI is InChI=1S/C13H15ClN2O2/c1-6-10(7(2)17)4-15-12(11(6)14)16-5-8-3-9(8)13(16)18/h4,7-9,17H,3,5H2,1-2H3/t7?,8-,9-/m1/s1. The molecule has 1 saturated heterocycles. The number of fused-ring (bicyclic) bond motifs is 1. The van der Waals surface area contributed by atoms with E-state index < -0.39 is 6.10 Å². The Morgan fingerprint density at radius 1 is 1.61 bits per heavy atom. The fourth-order valence-corrected chi connectivity index (χ4v) is 2.92. The highest BCUT2D eigenvalue weighted by Gasteiger charge is 2.53. The van der Waals surface area contributed by atoms with E-state index in [2.05, 4.69) is 4.98 Å². The smallest absolute Gasteiger partial charge is 0.231 e. The molecule has 1 aromatic heterocycles. The number of amides is 1. The molecule has 1 N–H and O–H groups in total. The quantitative estimate of drug-likeness (QED) is 0.892. The van der Waals surface area contributed by atoms with E-state index in [0.29, 0.717) is 22.3 Å². The van der Waals surface area contributed by atoms with E-state index in [1.807, 2.05) is 6.92 Å². The van der Waals surface area contributed by atoms with Gasteiger partial charge in [0, 0.05) is 24.2 Å². The molecule has 0 aromatic carbocycles. The number of hydrogen-bond acceptors (Lipinski definition) is 3. The van der Waals surface area contributed by atoms with E-state index in [-0.39, 0.29) is 11.8 Å². The predicted molar refractivity (Wildman–Crippen MR) is 68.6 cm³/mol. The molecule has 2 heterocycles. The van der Waals surface area contributed by atoms with Crippen molar-refractivity contribution in [2.45, 2.75) is 26.4 Å². The topological polar surface area (TPSA) is 53.4 Å². The minimum atomic E-state index is -0.605. The normalized spacial score (nSPS) is 27.3. The molecule has 1 aromatic rings. The van der Waals surface area contributed by atoms with Crippen LogP contribution >= 0.6 is 11.6 Å². The number of anilines is 1. The van der Waals surface area contributed by atoms with Crippen LogP contribution in [0.2, 0.25) is 5.02 Å². The second kappa shape index (κ2) is 3.93. The van der Waals surface area contributed by atoms with Crippen LogP contribution in [-0.4, -0.2) is 22.5 Å². The molecule has 18 heavy (non-hydrogen) atoms. The highest BCUT2D eigenvalue weighted by molar-refractivity contribution is 6.34. The highest BCUT2D eigenvalue weighted by atomic mass is 35.5. The first-order chi connectivity index (χ1) is 8.50. The van der Waals surface area contributed by atoms with Crippen LogP contribution in [0.4, 0.5) is 5.82 Å². The molecule has 1 unspecified atom stereocenters. The van der Waals surface area contributed by atoms with E-state index in [4.69, 9.17) is 11.6 Å². The lowest BCUT2D eigenvalue weighted by molar-refractivity contribution is -0.118. The Bertz CT molecular complexity index is 530. The zero-order chi connectivity index (χ0) is 13.0. The maximum atomic E-state index is 12.0. The predicted octanol–water partition coefficient (Wildman–Crippen LogP) is 2.08. The van der Waals surface area contributed by atoms with Crippen molar-refractivity contribution in [2.75, 3.05) is 11.4 Å². The maximum absolute atomic E-state index is 12.0. The maximum Gasteiger partial charge on any atom is 0.231 e. The lowest BCUT2D eigenvalue weighted by atomic mass is 10.1. The number of hydrogen-bond donors (Lipinski definition) is 1. The second-order valence-corrected chi connectivity index (χ2v) is 5.58. The van der Waals surface area contributed by atoms with Crippen LogP contribution in [0.3, 0.4) is 0 Å². The van der Waals surface area contributed by atoms with Gasteiger partial charge in [-0.15, -0.1) is 0 Å². The number of pyridine rings is 1. The lowest BCUT2D eigenvalue weighted by Crippen LogP contribution is -2.29. The van der Waals surface area contributed by atoms with Crippen molar-refractivity contribution in [3.8, 4) is 0 Å². The van der Waals surface area contributed by atoms with Gasteiger partial charge in [0.1, 0.15) is 0 Å². The second-order valence-electron chi connectivity index (χ2n) is 5.20. The minimum Gasteiger partial charge on any atom is -0.389 e. The first-order valence-electron chi connectivity index (χ1n) is 6.15. The number of aliphatic hydroxyl groups excluding tert-OH is 1. The van der Waals surface area contributed by atoms with E-state index in [9.17, 15) is 9.90 Å². The average Bonchev–Trinajstić information content (AvgIpc) is 3.02. The zero-order valence-electron chi connectivity index (χ0n) is 10.4. The van der Waals surface area contributed by atoms with Crippen molar-refractivity contribution in [3.63, 3.8) is 0 Å². The van der Waals surface area contributed by atoms with Gasteiger partial charge in [0.15, 0.2) is 5.82 Å². The summed E-state index contributed by atoms with van der Waals surface area (Å²) in [5, 5.41) is 10.1. The van der Waals surface area contributed by atoms with Gasteiger partial charge >= 0.3 is 0 Å². The fraction of sp³-hybridized carbons (Fsp3) is 0.538. The molecule has 2 fully saturated rings. The van der Waals surface area contributed by atoms with Crippen molar-refractivity contribution < 1.29 is 9.90 Å². The first kappa shape index (κ1) is 11.9. The number of piperidine rings is 1. The van der Waals surface area contributed by atoms with Gasteiger partial charge in [-0.3, -0.25) is 9.69 Å². The zero-order valence-corrected chi connectivity index (χ0v) is 11.1. The molecule has 2 aliphatic rings.